The molecule has 0 aromatic heterocycles. The number of hydrogen-bond acceptors (Lipinski definition) is 5. The second-order valence-electron chi connectivity index (χ2n) is 4.95. The quantitative estimate of drug-likeness (QED) is 0.679. The fraction of sp³-hybridized carbons (Fsp3) is 0.286. The summed E-state index contributed by atoms with van der Waals surface area (Å²) >= 11 is 0. The highest BCUT2D eigenvalue weighted by Gasteiger charge is 2.40. The molecule has 2 rings (SSSR count). The zero-order chi connectivity index (χ0) is 15.5. The van der Waals surface area contributed by atoms with E-state index in [0.717, 1.165) is 5.69 Å². The van der Waals surface area contributed by atoms with Crippen molar-refractivity contribution in [2.45, 2.75) is 10.9 Å². The number of nitrogens with zero attached hydrogens (tertiary/aromatic N) is 3. The Labute approximate surface area is 124 Å². The predicted octanol–water partition coefficient (Wildman–Crippen LogP) is 1.81. The van der Waals surface area contributed by atoms with Gasteiger partial charge in [-0.2, -0.15) is 10.2 Å². The van der Waals surface area contributed by atoms with Crippen LogP contribution in [-0.4, -0.2) is 38.3 Å². The van der Waals surface area contributed by atoms with Gasteiger partial charge in [-0.1, -0.05) is 30.4 Å². The molecule has 0 heterocycles. The molecule has 0 amide bonds. The molecule has 1 aliphatic carbocycles. The molecule has 0 aliphatic heterocycles. The lowest BCUT2D eigenvalue weighted by Crippen LogP contribution is -2.52. The van der Waals surface area contributed by atoms with E-state index in [1.54, 1.807) is 31.1 Å². The van der Waals surface area contributed by atoms with Crippen LogP contribution < -0.4 is 5.14 Å². The number of primary sulfonamides is 1. The van der Waals surface area contributed by atoms with Gasteiger partial charge in [-0.3, -0.25) is 4.90 Å². The van der Waals surface area contributed by atoms with Gasteiger partial charge in [0, 0.05) is 0 Å². The summed E-state index contributed by atoms with van der Waals surface area (Å²) in [5.41, 5.74) is 0.746. The van der Waals surface area contributed by atoms with Crippen LogP contribution in [0.3, 0.4) is 0 Å². The molecular weight excluding hydrogens is 288 g/mol. The van der Waals surface area contributed by atoms with Crippen molar-refractivity contribution in [3.63, 3.8) is 0 Å². The van der Waals surface area contributed by atoms with Crippen LogP contribution >= 0.6 is 0 Å². The SMILES string of the molecule is CN(C)C1(S(N)(=O)=O)C=CC(N=Nc2ccccc2)C=C1. The maximum absolute atomic E-state index is 11.8. The van der Waals surface area contributed by atoms with Crippen molar-refractivity contribution in [3.05, 3.63) is 54.6 Å². The lowest BCUT2D eigenvalue weighted by Gasteiger charge is -2.34. The molecule has 112 valence electrons. The number of sulfonamides is 1. The normalized spacial score (nSPS) is 25.8. The summed E-state index contributed by atoms with van der Waals surface area (Å²) in [6.45, 7) is 0. The molecule has 0 unspecified atom stereocenters. The summed E-state index contributed by atoms with van der Waals surface area (Å²) in [6, 6.07) is 9.03. The Balaban J connectivity index is 2.19. The van der Waals surface area contributed by atoms with Gasteiger partial charge < -0.3 is 0 Å². The first-order chi connectivity index (χ1) is 9.85. The molecule has 0 bridgehead atoms. The maximum atomic E-state index is 11.8. The van der Waals surface area contributed by atoms with Crippen molar-refractivity contribution in [1.82, 2.24) is 4.90 Å². The Morgan fingerprint density at radius 1 is 1.14 bits per heavy atom. The van der Waals surface area contributed by atoms with Gasteiger partial charge in [-0.15, -0.1) is 0 Å². The number of likely N-dealkylation sites (N-methyl/N-ethyl adjacent to an activating group) is 1. The number of nitrogens with two attached hydrogens (primary N) is 1. The van der Waals surface area contributed by atoms with Crippen LogP contribution in [0.25, 0.3) is 0 Å². The summed E-state index contributed by atoms with van der Waals surface area (Å²) in [5.74, 6) is 0. The molecule has 0 saturated heterocycles. The average molecular weight is 306 g/mol. The van der Waals surface area contributed by atoms with Gasteiger partial charge in [0.2, 0.25) is 10.0 Å². The van der Waals surface area contributed by atoms with Gasteiger partial charge in [0.05, 0.1) is 5.69 Å². The number of benzene rings is 1. The lowest BCUT2D eigenvalue weighted by molar-refractivity contribution is 0.337. The molecular formula is C14H18N4O2S. The minimum atomic E-state index is -3.80. The third-order valence-electron chi connectivity index (χ3n) is 3.28. The number of hydrogen-bond donors (Lipinski definition) is 1. The first kappa shape index (κ1) is 15.6. The first-order valence-electron chi connectivity index (χ1n) is 6.39. The highest BCUT2D eigenvalue weighted by Crippen LogP contribution is 2.26. The van der Waals surface area contributed by atoms with E-state index in [1.165, 1.54) is 12.2 Å². The summed E-state index contributed by atoms with van der Waals surface area (Å²) in [4.78, 5) is 0.214. The second-order valence-corrected chi connectivity index (χ2v) is 6.70. The largest absolute Gasteiger partial charge is 0.283 e. The molecule has 7 heteroatoms. The van der Waals surface area contributed by atoms with E-state index in [0.29, 0.717) is 0 Å². The van der Waals surface area contributed by atoms with Crippen LogP contribution in [0.2, 0.25) is 0 Å². The van der Waals surface area contributed by atoms with Crippen molar-refractivity contribution >= 4 is 15.7 Å². The Morgan fingerprint density at radius 3 is 2.19 bits per heavy atom. The van der Waals surface area contributed by atoms with Crippen molar-refractivity contribution in [2.24, 2.45) is 15.4 Å². The molecule has 0 radical (unpaired) electrons. The molecule has 2 N–H and O–H groups in total. The first-order valence-corrected chi connectivity index (χ1v) is 7.94. The summed E-state index contributed by atoms with van der Waals surface area (Å²) < 4.78 is 23.6. The Kier molecular flexibility index (Phi) is 4.36. The van der Waals surface area contributed by atoms with Crippen LogP contribution in [0.15, 0.2) is 64.9 Å². The minimum Gasteiger partial charge on any atom is -0.283 e. The van der Waals surface area contributed by atoms with E-state index in [9.17, 15) is 8.42 Å². The summed E-state index contributed by atoms with van der Waals surface area (Å²) in [5, 5.41) is 13.6. The molecule has 21 heavy (non-hydrogen) atoms. The molecule has 0 saturated carbocycles. The van der Waals surface area contributed by atoms with Gasteiger partial charge in [-0.25, -0.2) is 13.6 Å². The van der Waals surface area contributed by atoms with Gasteiger partial charge >= 0.3 is 0 Å². The fourth-order valence-corrected chi connectivity index (χ4v) is 3.09. The molecule has 6 nitrogen and oxygen atoms in total. The van der Waals surface area contributed by atoms with Crippen LogP contribution in [0.1, 0.15) is 0 Å². The Morgan fingerprint density at radius 2 is 1.71 bits per heavy atom. The maximum Gasteiger partial charge on any atom is 0.235 e. The van der Waals surface area contributed by atoms with Crippen molar-refractivity contribution in [3.8, 4) is 0 Å². The lowest BCUT2D eigenvalue weighted by atomic mass is 10.1. The second kappa shape index (κ2) is 5.88. The number of rotatable bonds is 4. The van der Waals surface area contributed by atoms with Gasteiger partial charge in [-0.05, 0) is 38.4 Å². The van der Waals surface area contributed by atoms with Crippen LogP contribution in [0.4, 0.5) is 5.69 Å². The molecule has 1 aromatic carbocycles. The van der Waals surface area contributed by atoms with Crippen LogP contribution in [0, 0.1) is 0 Å². The van der Waals surface area contributed by atoms with Crippen molar-refractivity contribution < 1.29 is 8.42 Å². The predicted molar refractivity (Wildman–Crippen MR) is 82.6 cm³/mol. The zero-order valence-corrected chi connectivity index (χ0v) is 12.7. The van der Waals surface area contributed by atoms with E-state index in [-0.39, 0.29) is 6.04 Å². The van der Waals surface area contributed by atoms with E-state index in [1.807, 2.05) is 30.3 Å². The fourth-order valence-electron chi connectivity index (χ4n) is 2.04. The van der Waals surface area contributed by atoms with E-state index < -0.39 is 14.9 Å². The van der Waals surface area contributed by atoms with Crippen LogP contribution in [0.5, 0.6) is 0 Å². The van der Waals surface area contributed by atoms with E-state index >= 15 is 0 Å². The highest BCUT2D eigenvalue weighted by molar-refractivity contribution is 7.90. The summed E-state index contributed by atoms with van der Waals surface area (Å²) in [6.07, 6.45) is 6.43. The smallest absolute Gasteiger partial charge is 0.235 e. The monoisotopic (exact) mass is 306 g/mol. The Hall–Kier alpha value is -1.83. The van der Waals surface area contributed by atoms with E-state index in [2.05, 4.69) is 10.2 Å². The molecule has 1 aliphatic rings. The molecule has 0 spiro atoms. The molecule has 0 atom stereocenters. The zero-order valence-electron chi connectivity index (χ0n) is 11.9. The highest BCUT2D eigenvalue weighted by atomic mass is 32.2. The molecule has 0 fully saturated rings. The minimum absolute atomic E-state index is 0.306. The third-order valence-corrected chi connectivity index (χ3v) is 4.83. The van der Waals surface area contributed by atoms with Gasteiger partial charge in [0.1, 0.15) is 6.04 Å². The van der Waals surface area contributed by atoms with Crippen molar-refractivity contribution in [2.75, 3.05) is 14.1 Å². The van der Waals surface area contributed by atoms with Gasteiger partial charge in [0.15, 0.2) is 4.87 Å². The number of azo groups is 1. The van der Waals surface area contributed by atoms with E-state index in [4.69, 9.17) is 5.14 Å². The molecule has 1 aromatic rings. The Bertz CT molecular complexity index is 664. The van der Waals surface area contributed by atoms with Crippen molar-refractivity contribution in [1.29, 1.82) is 0 Å². The van der Waals surface area contributed by atoms with Crippen LogP contribution in [-0.2, 0) is 10.0 Å². The van der Waals surface area contributed by atoms with Gasteiger partial charge in [0.25, 0.3) is 0 Å². The topological polar surface area (TPSA) is 88.1 Å². The average Bonchev–Trinajstić information content (AvgIpc) is 2.45. The standard InChI is InChI=1S/C14H18N4O2S/c1-18(2)14(21(15,19)20)10-8-13(9-11-14)17-16-12-6-4-3-5-7-12/h3-11,13H,1-2H3,(H2,15,19,20). The third kappa shape index (κ3) is 3.26. The summed E-state index contributed by atoms with van der Waals surface area (Å²) in [7, 11) is -0.482.